The fraction of sp³-hybridized carbons (Fsp3) is 0.444. The van der Waals surface area contributed by atoms with E-state index >= 15 is 0 Å². The molecule has 2 rings (SSSR count). The number of hydrogen-bond acceptors (Lipinski definition) is 2. The molecule has 1 fully saturated rings. The van der Waals surface area contributed by atoms with E-state index in [4.69, 9.17) is 4.74 Å². The van der Waals surface area contributed by atoms with Crippen molar-refractivity contribution in [2.45, 2.75) is 18.3 Å². The van der Waals surface area contributed by atoms with Crippen LogP contribution in [-0.4, -0.2) is 18.0 Å². The Kier molecular flexibility index (Phi) is 1.71. The lowest BCUT2D eigenvalue weighted by molar-refractivity contribution is 0.112. The Morgan fingerprint density at radius 3 is 2.62 bits per heavy atom. The second-order valence-corrected chi connectivity index (χ2v) is 3.15. The predicted molar refractivity (Wildman–Crippen MR) is 43.1 cm³/mol. The number of nitrogens with zero attached hydrogens (tertiary/aromatic N) is 1. The standard InChI is InChI=1S/C9H9F2NO/c1-13-8-3-2-6(5-12-8)7-4-9(7,10)11/h2-3,5,7H,4H2,1H3. The van der Waals surface area contributed by atoms with Crippen LogP contribution in [0.25, 0.3) is 0 Å². The SMILES string of the molecule is COc1ccc(C2CC2(F)F)cn1. The van der Waals surface area contributed by atoms with Gasteiger partial charge in [0.1, 0.15) is 0 Å². The van der Waals surface area contributed by atoms with Gasteiger partial charge in [0, 0.05) is 18.7 Å². The van der Waals surface area contributed by atoms with E-state index in [2.05, 4.69) is 4.98 Å². The number of rotatable bonds is 2. The van der Waals surface area contributed by atoms with Gasteiger partial charge in [-0.2, -0.15) is 0 Å². The topological polar surface area (TPSA) is 22.1 Å². The second kappa shape index (κ2) is 2.65. The van der Waals surface area contributed by atoms with E-state index in [1.54, 1.807) is 12.1 Å². The minimum atomic E-state index is -2.52. The molecule has 4 heteroatoms. The lowest BCUT2D eigenvalue weighted by atomic mass is 10.2. The summed E-state index contributed by atoms with van der Waals surface area (Å²) < 4.78 is 30.0. The Labute approximate surface area is 74.5 Å². The zero-order valence-electron chi connectivity index (χ0n) is 7.13. The molecule has 1 saturated carbocycles. The number of pyridine rings is 1. The summed E-state index contributed by atoms with van der Waals surface area (Å²) in [6, 6.07) is 3.24. The highest BCUT2D eigenvalue weighted by Crippen LogP contribution is 2.55. The van der Waals surface area contributed by atoms with Crippen molar-refractivity contribution >= 4 is 0 Å². The lowest BCUT2D eigenvalue weighted by Gasteiger charge is -2.00. The number of methoxy groups -OCH3 is 1. The van der Waals surface area contributed by atoms with Crippen LogP contribution >= 0.6 is 0 Å². The highest BCUT2D eigenvalue weighted by Gasteiger charge is 2.57. The Morgan fingerprint density at radius 2 is 2.23 bits per heavy atom. The number of halogens is 2. The first-order valence-electron chi connectivity index (χ1n) is 4.01. The molecule has 1 aliphatic rings. The normalized spacial score (nSPS) is 24.1. The van der Waals surface area contributed by atoms with Gasteiger partial charge in [0.05, 0.1) is 13.0 Å². The molecular formula is C9H9F2NO. The van der Waals surface area contributed by atoms with Crippen molar-refractivity contribution in [3.63, 3.8) is 0 Å². The van der Waals surface area contributed by atoms with Gasteiger partial charge in [0.2, 0.25) is 5.88 Å². The first-order valence-corrected chi connectivity index (χ1v) is 4.01. The van der Waals surface area contributed by atoms with E-state index in [9.17, 15) is 8.78 Å². The average molecular weight is 185 g/mol. The molecule has 1 aromatic heterocycles. The van der Waals surface area contributed by atoms with Crippen LogP contribution in [0.15, 0.2) is 18.3 Å². The molecule has 1 aromatic rings. The molecule has 0 aliphatic heterocycles. The Bertz CT molecular complexity index is 310. The highest BCUT2D eigenvalue weighted by atomic mass is 19.3. The number of ether oxygens (including phenoxy) is 1. The third-order valence-corrected chi connectivity index (χ3v) is 2.20. The molecule has 1 aliphatic carbocycles. The largest absolute Gasteiger partial charge is 0.481 e. The van der Waals surface area contributed by atoms with Crippen molar-refractivity contribution in [1.29, 1.82) is 0 Å². The molecule has 0 aromatic carbocycles. The molecule has 0 N–H and O–H groups in total. The van der Waals surface area contributed by atoms with Gasteiger partial charge in [-0.05, 0) is 5.56 Å². The van der Waals surface area contributed by atoms with E-state index in [0.717, 1.165) is 0 Å². The van der Waals surface area contributed by atoms with Crippen molar-refractivity contribution in [2.24, 2.45) is 0 Å². The smallest absolute Gasteiger partial charge is 0.255 e. The van der Waals surface area contributed by atoms with Crippen molar-refractivity contribution in [3.8, 4) is 5.88 Å². The zero-order chi connectivity index (χ0) is 9.47. The van der Waals surface area contributed by atoms with Crippen LogP contribution < -0.4 is 4.74 Å². The van der Waals surface area contributed by atoms with E-state index in [1.165, 1.54) is 13.3 Å². The van der Waals surface area contributed by atoms with E-state index in [1.807, 2.05) is 0 Å². The predicted octanol–water partition coefficient (Wildman–Crippen LogP) is 2.21. The molecule has 0 saturated heterocycles. The number of alkyl halides is 2. The van der Waals surface area contributed by atoms with Crippen molar-refractivity contribution in [3.05, 3.63) is 23.9 Å². The first kappa shape index (κ1) is 8.41. The van der Waals surface area contributed by atoms with Crippen LogP contribution in [0.5, 0.6) is 5.88 Å². The van der Waals surface area contributed by atoms with Crippen molar-refractivity contribution in [1.82, 2.24) is 4.98 Å². The summed E-state index contributed by atoms with van der Waals surface area (Å²) in [5, 5.41) is 0. The molecule has 0 amide bonds. The molecule has 0 radical (unpaired) electrons. The van der Waals surface area contributed by atoms with Crippen LogP contribution in [0.1, 0.15) is 17.9 Å². The maximum Gasteiger partial charge on any atom is 0.255 e. The van der Waals surface area contributed by atoms with Crippen molar-refractivity contribution in [2.75, 3.05) is 7.11 Å². The molecular weight excluding hydrogens is 176 g/mol. The molecule has 1 atom stereocenters. The molecule has 70 valence electrons. The van der Waals surface area contributed by atoms with E-state index in [-0.39, 0.29) is 6.42 Å². The Balaban J connectivity index is 2.16. The van der Waals surface area contributed by atoms with E-state index in [0.29, 0.717) is 11.4 Å². The average Bonchev–Trinajstić information content (AvgIpc) is 2.76. The summed E-state index contributed by atoms with van der Waals surface area (Å²) in [6.45, 7) is 0. The Hall–Kier alpha value is -1.19. The molecule has 1 heterocycles. The maximum absolute atomic E-state index is 12.6. The van der Waals surface area contributed by atoms with Gasteiger partial charge < -0.3 is 4.74 Å². The van der Waals surface area contributed by atoms with Crippen molar-refractivity contribution < 1.29 is 13.5 Å². The first-order chi connectivity index (χ1) is 6.13. The minimum absolute atomic E-state index is 0.0546. The van der Waals surface area contributed by atoms with Gasteiger partial charge in [0.25, 0.3) is 5.92 Å². The summed E-state index contributed by atoms with van der Waals surface area (Å²) in [6.07, 6.45) is 1.39. The quantitative estimate of drug-likeness (QED) is 0.704. The number of hydrogen-bond donors (Lipinski definition) is 0. The summed E-state index contributed by atoms with van der Waals surface area (Å²) in [4.78, 5) is 3.87. The summed E-state index contributed by atoms with van der Waals surface area (Å²) >= 11 is 0. The molecule has 2 nitrogen and oxygen atoms in total. The number of aromatic nitrogens is 1. The zero-order valence-corrected chi connectivity index (χ0v) is 7.13. The van der Waals surface area contributed by atoms with Gasteiger partial charge in [-0.3, -0.25) is 0 Å². The highest BCUT2D eigenvalue weighted by molar-refractivity contribution is 5.29. The molecule has 0 bridgehead atoms. The molecule has 13 heavy (non-hydrogen) atoms. The van der Waals surface area contributed by atoms with Crippen LogP contribution in [0.3, 0.4) is 0 Å². The maximum atomic E-state index is 12.6. The van der Waals surface area contributed by atoms with Crippen LogP contribution in [0.4, 0.5) is 8.78 Å². The van der Waals surface area contributed by atoms with Gasteiger partial charge in [0.15, 0.2) is 0 Å². The van der Waals surface area contributed by atoms with Crippen LogP contribution in [0.2, 0.25) is 0 Å². The Morgan fingerprint density at radius 1 is 1.54 bits per heavy atom. The van der Waals surface area contributed by atoms with Gasteiger partial charge >= 0.3 is 0 Å². The van der Waals surface area contributed by atoms with E-state index < -0.39 is 11.8 Å². The van der Waals surface area contributed by atoms with Gasteiger partial charge in [-0.1, -0.05) is 6.07 Å². The van der Waals surface area contributed by atoms with Gasteiger partial charge in [-0.15, -0.1) is 0 Å². The fourth-order valence-corrected chi connectivity index (χ4v) is 1.29. The second-order valence-electron chi connectivity index (χ2n) is 3.15. The third kappa shape index (κ3) is 1.48. The summed E-state index contributed by atoms with van der Waals surface area (Å²) in [7, 11) is 1.49. The van der Waals surface area contributed by atoms with Gasteiger partial charge in [-0.25, -0.2) is 13.8 Å². The molecule has 1 unspecified atom stereocenters. The lowest BCUT2D eigenvalue weighted by Crippen LogP contribution is -1.94. The minimum Gasteiger partial charge on any atom is -0.481 e. The third-order valence-electron chi connectivity index (χ3n) is 2.20. The molecule has 0 spiro atoms. The van der Waals surface area contributed by atoms with Crippen LogP contribution in [0, 0.1) is 0 Å². The summed E-state index contributed by atoms with van der Waals surface area (Å²) in [5.74, 6) is -2.70. The fourth-order valence-electron chi connectivity index (χ4n) is 1.29. The monoisotopic (exact) mass is 185 g/mol. The summed E-state index contributed by atoms with van der Waals surface area (Å²) in [5.41, 5.74) is 0.589. The van der Waals surface area contributed by atoms with Crippen LogP contribution in [-0.2, 0) is 0 Å².